The first-order chi connectivity index (χ1) is 12.9. The molecule has 1 aromatic carbocycles. The number of nitrogens with zero attached hydrogens (tertiary/aromatic N) is 2. The van der Waals surface area contributed by atoms with Gasteiger partial charge in [-0.2, -0.15) is 0 Å². The summed E-state index contributed by atoms with van der Waals surface area (Å²) in [7, 11) is 4.04. The fourth-order valence-electron chi connectivity index (χ4n) is 2.34. The van der Waals surface area contributed by atoms with E-state index in [1.807, 2.05) is 55.6 Å². The van der Waals surface area contributed by atoms with Gasteiger partial charge in [-0.1, -0.05) is 12.1 Å². The second-order valence-corrected chi connectivity index (χ2v) is 8.62. The molecule has 0 atom stereocenters. The molecule has 29 heavy (non-hydrogen) atoms. The fourth-order valence-corrected chi connectivity index (χ4v) is 2.34. The molecule has 0 bridgehead atoms. The second kappa shape index (κ2) is 12.1. The standard InChI is InChI=1S/C21H37N5O2.HI/c1-9-22-18(23-14-16-10-12-17(13-11-16)26(7)8)24-15-21(5,6)25-19(27)28-20(2,3)4;/h10-13H,9,14-15H2,1-8H3,(H,25,27)(H2,22,23,24);1H. The predicted molar refractivity (Wildman–Crippen MR) is 132 cm³/mol. The Labute approximate surface area is 193 Å². The van der Waals surface area contributed by atoms with Crippen LogP contribution in [0.25, 0.3) is 0 Å². The number of hydrogen-bond donors (Lipinski definition) is 3. The van der Waals surface area contributed by atoms with Crippen molar-refractivity contribution in [3.8, 4) is 0 Å². The van der Waals surface area contributed by atoms with Crippen molar-refractivity contribution >= 4 is 41.7 Å². The molecule has 0 saturated carbocycles. The van der Waals surface area contributed by atoms with Crippen LogP contribution in [0.5, 0.6) is 0 Å². The van der Waals surface area contributed by atoms with Crippen molar-refractivity contribution in [1.82, 2.24) is 16.0 Å². The molecule has 1 aromatic rings. The van der Waals surface area contributed by atoms with E-state index in [-0.39, 0.29) is 24.0 Å². The molecule has 0 aliphatic rings. The molecule has 166 valence electrons. The minimum Gasteiger partial charge on any atom is -0.444 e. The van der Waals surface area contributed by atoms with Crippen LogP contribution in [0, 0.1) is 0 Å². The van der Waals surface area contributed by atoms with Crippen molar-refractivity contribution in [2.75, 3.05) is 32.1 Å². The van der Waals surface area contributed by atoms with E-state index in [0.29, 0.717) is 19.0 Å². The molecule has 1 amide bonds. The molecule has 7 nitrogen and oxygen atoms in total. The highest BCUT2D eigenvalue weighted by Crippen LogP contribution is 2.13. The molecule has 0 fully saturated rings. The van der Waals surface area contributed by atoms with Gasteiger partial charge in [0.2, 0.25) is 0 Å². The van der Waals surface area contributed by atoms with E-state index < -0.39 is 17.2 Å². The van der Waals surface area contributed by atoms with E-state index in [9.17, 15) is 4.79 Å². The first-order valence-electron chi connectivity index (χ1n) is 9.71. The molecule has 1 rings (SSSR count). The molecule has 0 aromatic heterocycles. The zero-order valence-corrected chi connectivity index (χ0v) is 21.4. The Bertz CT molecular complexity index is 652. The quantitative estimate of drug-likeness (QED) is 0.291. The molecule has 0 saturated heterocycles. The van der Waals surface area contributed by atoms with Crippen LogP contribution >= 0.6 is 24.0 Å². The summed E-state index contributed by atoms with van der Waals surface area (Å²) in [5.74, 6) is 0.707. The number of rotatable bonds is 7. The van der Waals surface area contributed by atoms with Gasteiger partial charge in [0.1, 0.15) is 5.60 Å². The molecular formula is C21H38IN5O2. The maximum absolute atomic E-state index is 12.0. The molecule has 0 aliphatic carbocycles. The number of anilines is 1. The summed E-state index contributed by atoms with van der Waals surface area (Å²) in [5.41, 5.74) is 1.28. The van der Waals surface area contributed by atoms with Gasteiger partial charge in [0, 0.05) is 32.9 Å². The summed E-state index contributed by atoms with van der Waals surface area (Å²) >= 11 is 0. The average molecular weight is 519 g/mol. The molecule has 8 heteroatoms. The highest BCUT2D eigenvalue weighted by Gasteiger charge is 2.24. The van der Waals surface area contributed by atoms with E-state index in [0.717, 1.165) is 17.8 Å². The van der Waals surface area contributed by atoms with Gasteiger partial charge in [-0.15, -0.1) is 24.0 Å². The molecule has 0 unspecified atom stereocenters. The summed E-state index contributed by atoms with van der Waals surface area (Å²) in [6.07, 6.45) is -0.428. The number of carbonyl (C=O) groups excluding carboxylic acids is 1. The van der Waals surface area contributed by atoms with Gasteiger partial charge in [-0.05, 0) is 59.2 Å². The fraction of sp³-hybridized carbons (Fsp3) is 0.619. The van der Waals surface area contributed by atoms with Gasteiger partial charge in [0.05, 0.1) is 12.1 Å². The van der Waals surface area contributed by atoms with Gasteiger partial charge in [0.25, 0.3) is 0 Å². The van der Waals surface area contributed by atoms with Crippen molar-refractivity contribution in [2.45, 2.75) is 59.2 Å². The number of halogens is 1. The van der Waals surface area contributed by atoms with Gasteiger partial charge < -0.3 is 25.6 Å². The number of carbonyl (C=O) groups is 1. The zero-order chi connectivity index (χ0) is 21.4. The topological polar surface area (TPSA) is 78.0 Å². The van der Waals surface area contributed by atoms with Crippen LogP contribution in [0.2, 0.25) is 0 Å². The second-order valence-electron chi connectivity index (χ2n) is 8.62. The number of guanidine groups is 1. The lowest BCUT2D eigenvalue weighted by Crippen LogP contribution is -2.54. The smallest absolute Gasteiger partial charge is 0.408 e. The Hall–Kier alpha value is -1.71. The number of alkyl carbamates (subject to hydrolysis) is 1. The Morgan fingerprint density at radius 2 is 1.66 bits per heavy atom. The summed E-state index contributed by atoms with van der Waals surface area (Å²) in [6, 6.07) is 8.32. The van der Waals surface area contributed by atoms with Crippen molar-refractivity contribution in [3.63, 3.8) is 0 Å². The number of nitrogens with one attached hydrogen (secondary N) is 3. The summed E-state index contributed by atoms with van der Waals surface area (Å²) < 4.78 is 5.33. The minimum atomic E-state index is -0.522. The van der Waals surface area contributed by atoms with E-state index in [4.69, 9.17) is 4.74 Å². The van der Waals surface area contributed by atoms with E-state index in [1.165, 1.54) is 0 Å². The van der Waals surface area contributed by atoms with Gasteiger partial charge in [-0.25, -0.2) is 9.79 Å². The lowest BCUT2D eigenvalue weighted by molar-refractivity contribution is 0.0474. The third kappa shape index (κ3) is 11.8. The Morgan fingerprint density at radius 1 is 1.07 bits per heavy atom. The normalized spacial score (nSPS) is 11.9. The van der Waals surface area contributed by atoms with Crippen molar-refractivity contribution < 1.29 is 9.53 Å². The zero-order valence-electron chi connectivity index (χ0n) is 19.0. The lowest BCUT2D eigenvalue weighted by Gasteiger charge is -2.29. The monoisotopic (exact) mass is 519 g/mol. The third-order valence-corrected chi connectivity index (χ3v) is 3.75. The molecule has 0 aliphatic heterocycles. The molecule has 0 radical (unpaired) electrons. The number of aliphatic imine (C=N–C) groups is 1. The van der Waals surface area contributed by atoms with Crippen LogP contribution in [0.3, 0.4) is 0 Å². The minimum absolute atomic E-state index is 0. The van der Waals surface area contributed by atoms with Gasteiger partial charge in [-0.3, -0.25) is 0 Å². The van der Waals surface area contributed by atoms with Crippen LogP contribution in [-0.2, 0) is 11.3 Å². The summed E-state index contributed by atoms with van der Waals surface area (Å²) in [6.45, 7) is 13.3. The highest BCUT2D eigenvalue weighted by molar-refractivity contribution is 14.0. The molecular weight excluding hydrogens is 481 g/mol. The lowest BCUT2D eigenvalue weighted by atomic mass is 10.1. The van der Waals surface area contributed by atoms with Crippen LogP contribution in [-0.4, -0.2) is 50.4 Å². The van der Waals surface area contributed by atoms with E-state index in [1.54, 1.807) is 0 Å². The number of amides is 1. The van der Waals surface area contributed by atoms with E-state index >= 15 is 0 Å². The average Bonchev–Trinajstić information content (AvgIpc) is 2.55. The van der Waals surface area contributed by atoms with Gasteiger partial charge >= 0.3 is 6.09 Å². The van der Waals surface area contributed by atoms with Crippen LogP contribution in [0.1, 0.15) is 47.1 Å². The Morgan fingerprint density at radius 3 is 2.14 bits per heavy atom. The first kappa shape index (κ1) is 27.3. The van der Waals surface area contributed by atoms with Gasteiger partial charge in [0.15, 0.2) is 5.96 Å². The summed E-state index contributed by atoms with van der Waals surface area (Å²) in [5, 5.41) is 9.41. The SMILES string of the molecule is CCNC(=NCc1ccc(N(C)C)cc1)NCC(C)(C)NC(=O)OC(C)(C)C.I. The van der Waals surface area contributed by atoms with Crippen molar-refractivity contribution in [3.05, 3.63) is 29.8 Å². The molecule has 3 N–H and O–H groups in total. The molecule has 0 heterocycles. The number of hydrogen-bond acceptors (Lipinski definition) is 4. The van der Waals surface area contributed by atoms with Crippen molar-refractivity contribution in [1.29, 1.82) is 0 Å². The molecule has 0 spiro atoms. The number of benzene rings is 1. The van der Waals surface area contributed by atoms with Crippen LogP contribution < -0.4 is 20.9 Å². The maximum Gasteiger partial charge on any atom is 0.408 e. The van der Waals surface area contributed by atoms with Crippen LogP contribution in [0.4, 0.5) is 10.5 Å². The first-order valence-corrected chi connectivity index (χ1v) is 9.71. The predicted octanol–water partition coefficient (Wildman–Crippen LogP) is 3.73. The Balaban J connectivity index is 0.00000784. The largest absolute Gasteiger partial charge is 0.444 e. The maximum atomic E-state index is 12.0. The number of ether oxygens (including phenoxy) is 1. The third-order valence-electron chi connectivity index (χ3n) is 3.75. The van der Waals surface area contributed by atoms with Crippen molar-refractivity contribution in [2.24, 2.45) is 4.99 Å². The Kier molecular flexibility index (Phi) is 11.4. The van der Waals surface area contributed by atoms with E-state index in [2.05, 4.69) is 50.1 Å². The summed E-state index contributed by atoms with van der Waals surface area (Å²) in [4.78, 5) is 18.7. The van der Waals surface area contributed by atoms with Crippen LogP contribution in [0.15, 0.2) is 29.3 Å². The highest BCUT2D eigenvalue weighted by atomic mass is 127.